The van der Waals surface area contributed by atoms with Crippen LogP contribution in [0, 0.1) is 10.1 Å². The first kappa shape index (κ1) is 23.3. The van der Waals surface area contributed by atoms with Crippen LogP contribution in [-0.4, -0.2) is 44.8 Å². The molecule has 32 heavy (non-hydrogen) atoms. The number of hydrogen-bond donors (Lipinski definition) is 1. The van der Waals surface area contributed by atoms with E-state index in [1.165, 1.54) is 25.3 Å². The summed E-state index contributed by atoms with van der Waals surface area (Å²) in [5.41, 5.74) is -0.0796. The summed E-state index contributed by atoms with van der Waals surface area (Å²) in [7, 11) is -2.35. The van der Waals surface area contributed by atoms with Gasteiger partial charge in [0, 0.05) is 24.1 Å². The van der Waals surface area contributed by atoms with Crippen LogP contribution in [0.2, 0.25) is 0 Å². The molecule has 1 amide bonds. The summed E-state index contributed by atoms with van der Waals surface area (Å²) in [5.74, 6) is 0.644. The highest BCUT2D eigenvalue weighted by molar-refractivity contribution is 7.92. The Morgan fingerprint density at radius 3 is 2.66 bits per heavy atom. The van der Waals surface area contributed by atoms with E-state index >= 15 is 0 Å². The average molecular weight is 464 g/mol. The number of ether oxygens (including phenoxy) is 2. The largest absolute Gasteiger partial charge is 0.497 e. The summed E-state index contributed by atoms with van der Waals surface area (Å²) in [5, 5.41) is 14.0. The van der Waals surface area contributed by atoms with Crippen molar-refractivity contribution in [1.82, 2.24) is 5.32 Å². The number of sulfonamides is 1. The standard InChI is InChI=1S/C21H25N3O7S/c1-21(2)12-18(17-11-16(30-3)8-9-19(17)31-21)22-20(25)13-23(32(4,28)29)14-6-5-7-15(10-14)24(26)27/h5-11,18H,12-13H2,1-4H3,(H,22,25). The van der Waals surface area contributed by atoms with Gasteiger partial charge in [-0.05, 0) is 38.1 Å². The predicted octanol–water partition coefficient (Wildman–Crippen LogP) is 2.79. The number of methoxy groups -OCH3 is 1. The molecular weight excluding hydrogens is 438 g/mol. The number of nitro benzene ring substituents is 1. The molecule has 10 nitrogen and oxygen atoms in total. The smallest absolute Gasteiger partial charge is 0.271 e. The predicted molar refractivity (Wildman–Crippen MR) is 118 cm³/mol. The monoisotopic (exact) mass is 463 g/mol. The Kier molecular flexibility index (Phi) is 6.31. The summed E-state index contributed by atoms with van der Waals surface area (Å²) < 4.78 is 36.8. The van der Waals surface area contributed by atoms with Crippen molar-refractivity contribution in [2.24, 2.45) is 0 Å². The summed E-state index contributed by atoms with van der Waals surface area (Å²) in [6.45, 7) is 3.26. The number of carbonyl (C=O) groups is 1. The Labute approximate surface area is 186 Å². The third-order valence-electron chi connectivity index (χ3n) is 5.03. The zero-order chi connectivity index (χ0) is 23.7. The van der Waals surface area contributed by atoms with Crippen molar-refractivity contribution in [2.75, 3.05) is 24.2 Å². The molecule has 172 valence electrons. The van der Waals surface area contributed by atoms with E-state index in [-0.39, 0.29) is 11.4 Å². The molecule has 1 heterocycles. The Morgan fingerprint density at radius 2 is 2.03 bits per heavy atom. The summed E-state index contributed by atoms with van der Waals surface area (Å²) in [4.78, 5) is 23.4. The Hall–Kier alpha value is -3.34. The Morgan fingerprint density at radius 1 is 1.31 bits per heavy atom. The second-order valence-corrected chi connectivity index (χ2v) is 10.0. The molecule has 1 unspecified atom stereocenters. The lowest BCUT2D eigenvalue weighted by Crippen LogP contribution is -2.45. The highest BCUT2D eigenvalue weighted by Crippen LogP contribution is 2.41. The molecule has 1 atom stereocenters. The number of rotatable bonds is 7. The highest BCUT2D eigenvalue weighted by Gasteiger charge is 2.35. The van der Waals surface area contributed by atoms with Gasteiger partial charge in [0.1, 0.15) is 23.6 Å². The van der Waals surface area contributed by atoms with Crippen LogP contribution in [0.5, 0.6) is 11.5 Å². The zero-order valence-corrected chi connectivity index (χ0v) is 19.0. The minimum atomic E-state index is -3.89. The minimum absolute atomic E-state index is 0.0335. The lowest BCUT2D eigenvalue weighted by molar-refractivity contribution is -0.384. The number of nitro groups is 1. The molecule has 1 aliphatic heterocycles. The first-order valence-corrected chi connectivity index (χ1v) is 11.6. The van der Waals surface area contributed by atoms with Gasteiger partial charge >= 0.3 is 0 Å². The minimum Gasteiger partial charge on any atom is -0.497 e. The third-order valence-corrected chi connectivity index (χ3v) is 6.17. The molecule has 1 aliphatic rings. The van der Waals surface area contributed by atoms with Gasteiger partial charge in [0.2, 0.25) is 15.9 Å². The van der Waals surface area contributed by atoms with Crippen LogP contribution in [0.3, 0.4) is 0 Å². The SMILES string of the molecule is COc1ccc2c(c1)C(NC(=O)CN(c1cccc([N+](=O)[O-])c1)S(C)(=O)=O)CC(C)(C)O2. The van der Waals surface area contributed by atoms with Crippen molar-refractivity contribution in [3.63, 3.8) is 0 Å². The number of amides is 1. The normalized spacial score (nSPS) is 16.9. The van der Waals surface area contributed by atoms with E-state index in [4.69, 9.17) is 9.47 Å². The molecule has 1 N–H and O–H groups in total. The van der Waals surface area contributed by atoms with Gasteiger partial charge in [0.15, 0.2) is 0 Å². The molecule has 0 aliphatic carbocycles. The molecule has 0 fully saturated rings. The zero-order valence-electron chi connectivity index (χ0n) is 18.2. The Balaban J connectivity index is 1.87. The summed E-state index contributed by atoms with van der Waals surface area (Å²) in [6.07, 6.45) is 1.39. The van der Waals surface area contributed by atoms with Crippen LogP contribution in [0.4, 0.5) is 11.4 Å². The molecule has 0 spiro atoms. The van der Waals surface area contributed by atoms with Crippen molar-refractivity contribution in [2.45, 2.75) is 31.9 Å². The molecule has 0 aromatic heterocycles. The van der Waals surface area contributed by atoms with Crippen LogP contribution in [0.15, 0.2) is 42.5 Å². The van der Waals surface area contributed by atoms with Crippen molar-refractivity contribution in [3.05, 3.63) is 58.1 Å². The number of nitrogens with zero attached hydrogens (tertiary/aromatic N) is 2. The molecule has 11 heteroatoms. The fraction of sp³-hybridized carbons (Fsp3) is 0.381. The van der Waals surface area contributed by atoms with Gasteiger partial charge in [0.05, 0.1) is 30.0 Å². The van der Waals surface area contributed by atoms with Gasteiger partial charge in [0.25, 0.3) is 5.69 Å². The summed E-state index contributed by atoms with van der Waals surface area (Å²) >= 11 is 0. The van der Waals surface area contributed by atoms with E-state index in [0.717, 1.165) is 22.2 Å². The quantitative estimate of drug-likeness (QED) is 0.494. The van der Waals surface area contributed by atoms with Crippen LogP contribution in [0.25, 0.3) is 0 Å². The second-order valence-electron chi connectivity index (χ2n) is 8.14. The number of anilines is 1. The topological polar surface area (TPSA) is 128 Å². The number of carbonyl (C=O) groups excluding carboxylic acids is 1. The maximum absolute atomic E-state index is 12.9. The lowest BCUT2D eigenvalue weighted by atomic mass is 9.89. The fourth-order valence-corrected chi connectivity index (χ4v) is 4.47. The fourth-order valence-electron chi connectivity index (χ4n) is 3.62. The number of non-ortho nitro benzene ring substituents is 1. The molecule has 2 aromatic rings. The molecule has 0 radical (unpaired) electrons. The number of fused-ring (bicyclic) bond motifs is 1. The van der Waals surface area contributed by atoms with Crippen molar-refractivity contribution >= 4 is 27.3 Å². The third kappa shape index (κ3) is 5.28. The molecular formula is C21H25N3O7S. The highest BCUT2D eigenvalue weighted by atomic mass is 32.2. The second kappa shape index (κ2) is 8.65. The first-order valence-electron chi connectivity index (χ1n) is 9.78. The molecule has 2 aromatic carbocycles. The maximum atomic E-state index is 12.9. The van der Waals surface area contributed by atoms with Crippen molar-refractivity contribution < 1.29 is 27.6 Å². The van der Waals surface area contributed by atoms with E-state index in [9.17, 15) is 23.3 Å². The maximum Gasteiger partial charge on any atom is 0.271 e. The van der Waals surface area contributed by atoms with Crippen LogP contribution in [0.1, 0.15) is 31.9 Å². The van der Waals surface area contributed by atoms with Crippen LogP contribution < -0.4 is 19.1 Å². The number of hydrogen-bond acceptors (Lipinski definition) is 7. The van der Waals surface area contributed by atoms with E-state index in [0.29, 0.717) is 17.9 Å². The van der Waals surface area contributed by atoms with Crippen molar-refractivity contribution in [1.29, 1.82) is 0 Å². The Bertz CT molecular complexity index is 1150. The van der Waals surface area contributed by atoms with Crippen molar-refractivity contribution in [3.8, 4) is 11.5 Å². The number of nitrogens with one attached hydrogen (secondary N) is 1. The molecule has 0 saturated carbocycles. The lowest BCUT2D eigenvalue weighted by Gasteiger charge is -2.38. The van der Waals surface area contributed by atoms with Crippen LogP contribution >= 0.6 is 0 Å². The average Bonchev–Trinajstić information content (AvgIpc) is 2.70. The first-order chi connectivity index (χ1) is 14.9. The van der Waals surface area contributed by atoms with E-state index in [1.54, 1.807) is 18.2 Å². The molecule has 0 saturated heterocycles. The van der Waals surface area contributed by atoms with Gasteiger partial charge in [-0.3, -0.25) is 19.2 Å². The van der Waals surface area contributed by atoms with Gasteiger partial charge < -0.3 is 14.8 Å². The van der Waals surface area contributed by atoms with Gasteiger partial charge in [-0.2, -0.15) is 0 Å². The van der Waals surface area contributed by atoms with Crippen LogP contribution in [-0.2, 0) is 14.8 Å². The summed E-state index contributed by atoms with van der Waals surface area (Å²) in [6, 6.07) is 9.98. The van der Waals surface area contributed by atoms with E-state index < -0.39 is 39.0 Å². The number of benzene rings is 2. The van der Waals surface area contributed by atoms with Gasteiger partial charge in [-0.1, -0.05) is 6.07 Å². The van der Waals surface area contributed by atoms with E-state index in [1.807, 2.05) is 13.8 Å². The van der Waals surface area contributed by atoms with E-state index in [2.05, 4.69) is 5.32 Å². The van der Waals surface area contributed by atoms with Gasteiger partial charge in [-0.25, -0.2) is 8.42 Å². The van der Waals surface area contributed by atoms with Gasteiger partial charge in [-0.15, -0.1) is 0 Å². The molecule has 0 bridgehead atoms. The molecule has 3 rings (SSSR count).